The van der Waals surface area contributed by atoms with Gasteiger partial charge in [0.15, 0.2) is 0 Å². The Bertz CT molecular complexity index is 1300. The number of alkyl halides is 3. The number of thiophene rings is 1. The Labute approximate surface area is 206 Å². The number of amides is 1. The van der Waals surface area contributed by atoms with Crippen LogP contribution in [-0.4, -0.2) is 27.2 Å². The average Bonchev–Trinajstić information content (AvgIpc) is 3.36. The zero-order valence-corrected chi connectivity index (χ0v) is 20.7. The molecule has 1 aromatic heterocycles. The van der Waals surface area contributed by atoms with Crippen LogP contribution in [0.15, 0.2) is 57.9 Å². The van der Waals surface area contributed by atoms with Gasteiger partial charge in [-0.2, -0.15) is 13.2 Å². The molecule has 13 heteroatoms. The van der Waals surface area contributed by atoms with Crippen LogP contribution in [0.3, 0.4) is 0 Å². The largest absolute Gasteiger partial charge is 0.427 e. The van der Waals surface area contributed by atoms with Gasteiger partial charge < -0.3 is 4.84 Å². The minimum Gasteiger partial charge on any atom is -0.351 e. The zero-order chi connectivity index (χ0) is 24.5. The van der Waals surface area contributed by atoms with Crippen LogP contribution in [0.2, 0.25) is 0 Å². The summed E-state index contributed by atoms with van der Waals surface area (Å²) >= 11 is 4.73. The summed E-state index contributed by atoms with van der Waals surface area (Å²) in [5.74, 6) is 0. The van der Waals surface area contributed by atoms with Gasteiger partial charge in [0.25, 0.3) is 10.0 Å². The fourth-order valence-corrected chi connectivity index (χ4v) is 7.37. The van der Waals surface area contributed by atoms with E-state index in [1.165, 1.54) is 35.6 Å². The van der Waals surface area contributed by atoms with Crippen molar-refractivity contribution in [3.63, 3.8) is 0 Å². The fourth-order valence-electron chi connectivity index (χ4n) is 3.47. The lowest BCUT2D eigenvalue weighted by Crippen LogP contribution is -2.32. The molecule has 34 heavy (non-hydrogen) atoms. The fraction of sp³-hybridized carbons (Fsp3) is 0.286. The monoisotopic (exact) mass is 577 g/mol. The molecule has 1 aliphatic heterocycles. The second-order valence-electron chi connectivity index (χ2n) is 7.52. The number of rotatable bonds is 8. The molecule has 4 rings (SSSR count). The summed E-state index contributed by atoms with van der Waals surface area (Å²) in [4.78, 5) is 15.8. The lowest BCUT2D eigenvalue weighted by Gasteiger charge is -2.24. The van der Waals surface area contributed by atoms with Gasteiger partial charge in [-0.25, -0.2) is 13.2 Å². The van der Waals surface area contributed by atoms with Gasteiger partial charge >= 0.3 is 12.3 Å². The Morgan fingerprint density at radius 2 is 1.79 bits per heavy atom. The van der Waals surface area contributed by atoms with Gasteiger partial charge in [0.2, 0.25) is 0 Å². The number of sulfonamides is 1. The molecule has 3 aromatic rings. The molecule has 0 radical (unpaired) electrons. The van der Waals surface area contributed by atoms with Gasteiger partial charge in [0.1, 0.15) is 11.2 Å². The second kappa shape index (κ2) is 9.72. The van der Waals surface area contributed by atoms with Crippen LogP contribution in [-0.2, 0) is 14.9 Å². The van der Waals surface area contributed by atoms with E-state index < -0.39 is 34.9 Å². The summed E-state index contributed by atoms with van der Waals surface area (Å²) in [6.07, 6.45) is -6.71. The second-order valence-corrected chi connectivity index (χ2v) is 11.2. The van der Waals surface area contributed by atoms with Crippen molar-refractivity contribution in [2.75, 3.05) is 10.8 Å². The molecule has 0 aliphatic carbocycles. The van der Waals surface area contributed by atoms with Crippen LogP contribution in [0, 0.1) is 0 Å². The van der Waals surface area contributed by atoms with E-state index in [4.69, 9.17) is 0 Å². The van der Waals surface area contributed by atoms with Crippen LogP contribution in [0.1, 0.15) is 31.0 Å². The van der Waals surface area contributed by atoms with Gasteiger partial charge in [-0.05, 0) is 52.5 Å². The van der Waals surface area contributed by atoms with Crippen LogP contribution < -0.4 is 15.1 Å². The van der Waals surface area contributed by atoms with E-state index in [-0.39, 0.29) is 24.3 Å². The van der Waals surface area contributed by atoms with Gasteiger partial charge in [0, 0.05) is 23.1 Å². The maximum atomic E-state index is 13.6. The lowest BCUT2D eigenvalue weighted by atomic mass is 10.2. The van der Waals surface area contributed by atoms with Crippen LogP contribution in [0.4, 0.5) is 23.0 Å². The molecule has 7 nitrogen and oxygen atoms in total. The number of anilines is 1. The first-order chi connectivity index (χ1) is 16.1. The van der Waals surface area contributed by atoms with Gasteiger partial charge in [0.05, 0.1) is 9.37 Å². The van der Waals surface area contributed by atoms with E-state index in [1.54, 1.807) is 0 Å². The van der Waals surface area contributed by atoms with Crippen molar-refractivity contribution in [3.05, 3.63) is 58.6 Å². The number of unbranched alkanes of at least 4 members (excludes halogenated alkanes) is 1. The lowest BCUT2D eigenvalue weighted by molar-refractivity contribution is -0.135. The molecule has 1 atom stereocenters. The van der Waals surface area contributed by atoms with Crippen molar-refractivity contribution >= 4 is 58.5 Å². The average molecular weight is 578 g/mol. The number of halogens is 4. The summed E-state index contributed by atoms with van der Waals surface area (Å²) in [6, 6.07) is 13.2. The zero-order valence-electron chi connectivity index (χ0n) is 17.4. The molecule has 0 spiro atoms. The smallest absolute Gasteiger partial charge is 0.351 e. The summed E-state index contributed by atoms with van der Waals surface area (Å²) in [6.45, 7) is -0.111. The number of nitrogens with one attached hydrogen (secondary N) is 2. The van der Waals surface area contributed by atoms with Crippen molar-refractivity contribution in [3.8, 4) is 0 Å². The number of hydroxylamine groups is 1. The van der Waals surface area contributed by atoms with E-state index in [1.807, 2.05) is 24.3 Å². The van der Waals surface area contributed by atoms with Crippen LogP contribution in [0.25, 0.3) is 10.1 Å². The number of carbonyl (C=O) groups excluding carboxylic acids is 1. The van der Waals surface area contributed by atoms with Crippen molar-refractivity contribution in [1.82, 2.24) is 10.8 Å². The van der Waals surface area contributed by atoms with E-state index in [0.29, 0.717) is 15.0 Å². The number of fused-ring (bicyclic) bond motifs is 1. The Hall–Kier alpha value is -2.35. The predicted octanol–water partition coefficient (Wildman–Crippen LogP) is 5.83. The summed E-state index contributed by atoms with van der Waals surface area (Å²) in [5, 5.41) is 3.73. The minimum absolute atomic E-state index is 0.0262. The van der Waals surface area contributed by atoms with E-state index in [2.05, 4.69) is 31.6 Å². The topological polar surface area (TPSA) is 87.7 Å². The number of nitrogens with zero attached hydrogens (tertiary/aromatic N) is 1. The third-order valence-corrected chi connectivity index (χ3v) is 9.34. The first-order valence-electron chi connectivity index (χ1n) is 10.2. The van der Waals surface area contributed by atoms with Crippen LogP contribution >= 0.6 is 27.3 Å². The van der Waals surface area contributed by atoms with Gasteiger partial charge in [-0.15, -0.1) is 16.8 Å². The molecule has 1 aliphatic rings. The Morgan fingerprint density at radius 1 is 1.09 bits per heavy atom. The molecule has 1 saturated heterocycles. The molecule has 2 aromatic carbocycles. The van der Waals surface area contributed by atoms with E-state index in [0.717, 1.165) is 14.4 Å². The molecule has 182 valence electrons. The number of hydrogen-bond acceptors (Lipinski definition) is 6. The number of benzene rings is 2. The standard InChI is InChI=1S/C21H19BrF3N3O4S2/c22-17-15-5-1-2-6-16(15)33-19(17)28(12-4-3-11-21(23,24)25)34(30,31)14-9-7-13(8-10-14)18-26-20(29)32-27-18/h1-2,5-10,18,27H,3-4,11-12H2,(H,26,29). The van der Waals surface area contributed by atoms with Gasteiger partial charge in [-0.3, -0.25) is 9.62 Å². The molecule has 0 saturated carbocycles. The molecular weight excluding hydrogens is 559 g/mol. The maximum absolute atomic E-state index is 13.6. The summed E-state index contributed by atoms with van der Waals surface area (Å²) in [7, 11) is -4.10. The first kappa shape index (κ1) is 24.8. The molecular formula is C21H19BrF3N3O4S2. The van der Waals surface area contributed by atoms with Crippen LogP contribution in [0.5, 0.6) is 0 Å². The third kappa shape index (κ3) is 5.32. The van der Waals surface area contributed by atoms with Crippen molar-refractivity contribution in [2.24, 2.45) is 0 Å². The molecule has 0 bridgehead atoms. The Morgan fingerprint density at radius 3 is 2.41 bits per heavy atom. The third-order valence-electron chi connectivity index (χ3n) is 5.15. The molecule has 2 heterocycles. The van der Waals surface area contributed by atoms with Crippen molar-refractivity contribution in [1.29, 1.82) is 0 Å². The SMILES string of the molecule is O=C1NC(c2ccc(S(=O)(=O)N(CCCCC(F)(F)F)c3sc4ccccc4c3Br)cc2)NO1. The molecule has 1 amide bonds. The van der Waals surface area contributed by atoms with E-state index in [9.17, 15) is 26.4 Å². The molecule has 1 fully saturated rings. The quantitative estimate of drug-likeness (QED) is 0.329. The molecule has 1 unspecified atom stereocenters. The number of carbonyl (C=O) groups is 1. The predicted molar refractivity (Wildman–Crippen MR) is 126 cm³/mol. The summed E-state index contributed by atoms with van der Waals surface area (Å²) < 4.78 is 67.7. The number of hydrogen-bond donors (Lipinski definition) is 2. The highest BCUT2D eigenvalue weighted by Crippen LogP contribution is 2.44. The molecule has 2 N–H and O–H groups in total. The maximum Gasteiger partial charge on any atom is 0.427 e. The minimum atomic E-state index is -4.30. The highest BCUT2D eigenvalue weighted by molar-refractivity contribution is 9.10. The van der Waals surface area contributed by atoms with Crippen molar-refractivity contribution < 1.29 is 31.2 Å². The van der Waals surface area contributed by atoms with Crippen molar-refractivity contribution in [2.45, 2.75) is 36.5 Å². The first-order valence-corrected chi connectivity index (χ1v) is 13.2. The Balaban J connectivity index is 1.65. The highest BCUT2D eigenvalue weighted by atomic mass is 79.9. The summed E-state index contributed by atoms with van der Waals surface area (Å²) in [5.41, 5.74) is 3.06. The highest BCUT2D eigenvalue weighted by Gasteiger charge is 2.31. The Kier molecular flexibility index (Phi) is 7.08. The normalized spacial score (nSPS) is 16.5. The van der Waals surface area contributed by atoms with Gasteiger partial charge in [-0.1, -0.05) is 30.3 Å². The van der Waals surface area contributed by atoms with E-state index >= 15 is 0 Å².